The van der Waals surface area contributed by atoms with Gasteiger partial charge in [0.25, 0.3) is 0 Å². The van der Waals surface area contributed by atoms with Gasteiger partial charge in [-0.05, 0) is 53.1 Å². The Hall–Kier alpha value is -1.92. The number of hydrazone groups is 1. The van der Waals surface area contributed by atoms with Crippen molar-refractivity contribution in [1.29, 1.82) is 0 Å². The number of aromatic nitrogens is 4. The van der Waals surface area contributed by atoms with Crippen molar-refractivity contribution < 1.29 is 9.47 Å². The molecule has 0 unspecified atom stereocenters. The predicted molar refractivity (Wildman–Crippen MR) is 101 cm³/mol. The Morgan fingerprint density at radius 3 is 3.04 bits per heavy atom. The highest BCUT2D eigenvalue weighted by Gasteiger charge is 2.44. The van der Waals surface area contributed by atoms with Gasteiger partial charge in [0.15, 0.2) is 11.4 Å². The molecule has 0 aliphatic carbocycles. The number of ether oxygens (including phenoxy) is 2. The topological polar surface area (TPSA) is 105 Å². The second kappa shape index (κ2) is 7.00. The third kappa shape index (κ3) is 3.23. The Bertz CT molecular complexity index is 943. The van der Waals surface area contributed by atoms with Crippen LogP contribution in [0.15, 0.2) is 29.4 Å². The summed E-state index contributed by atoms with van der Waals surface area (Å²) in [5.41, 5.74) is 9.36. The largest absolute Gasteiger partial charge is 0.375 e. The lowest BCUT2D eigenvalue weighted by molar-refractivity contribution is -0.0324. The fourth-order valence-corrected chi connectivity index (χ4v) is 3.49. The van der Waals surface area contributed by atoms with Crippen LogP contribution >= 0.6 is 36.0 Å². The highest BCUT2D eigenvalue weighted by Crippen LogP contribution is 2.33. The summed E-state index contributed by atoms with van der Waals surface area (Å²) < 4.78 is 15.1. The predicted octanol–water partition coefficient (Wildman–Crippen LogP) is 1.33. The first-order valence-corrected chi connectivity index (χ1v) is 8.92. The fraction of sp³-hybridized carbons (Fsp3) is 0.357. The van der Waals surface area contributed by atoms with Gasteiger partial charge in [-0.15, -0.1) is 0 Å². The number of fused-ring (bicyclic) bond motifs is 2. The van der Waals surface area contributed by atoms with Gasteiger partial charge in [0.2, 0.25) is 4.77 Å². The van der Waals surface area contributed by atoms with E-state index in [1.54, 1.807) is 21.5 Å². The SMILES string of the molecule is NC(=S)NN=C1C[C@@H](n2nnn(-c3cccc(Cl)c3)c2=S)[C@@H]2CO[C@H]1O2. The molecule has 2 aromatic rings. The maximum absolute atomic E-state index is 6.05. The summed E-state index contributed by atoms with van der Waals surface area (Å²) in [5.74, 6) is 0. The lowest BCUT2D eigenvalue weighted by Crippen LogP contribution is -2.39. The second-order valence-electron chi connectivity index (χ2n) is 5.79. The zero-order valence-corrected chi connectivity index (χ0v) is 15.7. The van der Waals surface area contributed by atoms with Crippen molar-refractivity contribution in [3.63, 3.8) is 0 Å². The van der Waals surface area contributed by atoms with E-state index in [1.165, 1.54) is 0 Å². The molecule has 3 atom stereocenters. The average Bonchev–Trinajstić information content (AvgIpc) is 3.19. The first-order chi connectivity index (χ1) is 12.5. The van der Waals surface area contributed by atoms with E-state index in [1.807, 2.05) is 12.1 Å². The van der Waals surface area contributed by atoms with Crippen LogP contribution in [-0.2, 0) is 9.47 Å². The van der Waals surface area contributed by atoms with Crippen molar-refractivity contribution in [2.45, 2.75) is 24.9 Å². The zero-order valence-electron chi connectivity index (χ0n) is 13.3. The van der Waals surface area contributed by atoms with Crippen molar-refractivity contribution in [1.82, 2.24) is 25.2 Å². The number of nitrogens with two attached hydrogens (primary N) is 1. The Morgan fingerprint density at radius 2 is 2.27 bits per heavy atom. The molecule has 3 N–H and O–H groups in total. The average molecular weight is 412 g/mol. The van der Waals surface area contributed by atoms with E-state index < -0.39 is 6.29 Å². The van der Waals surface area contributed by atoms with E-state index in [0.717, 1.165) is 5.69 Å². The Kier molecular flexibility index (Phi) is 4.71. The van der Waals surface area contributed by atoms with Crippen molar-refractivity contribution in [2.75, 3.05) is 6.61 Å². The van der Waals surface area contributed by atoms with Crippen LogP contribution in [-0.4, -0.2) is 49.6 Å². The maximum atomic E-state index is 6.05. The van der Waals surface area contributed by atoms with Crippen molar-refractivity contribution in [3.8, 4) is 5.69 Å². The Labute approximate surface area is 163 Å². The van der Waals surface area contributed by atoms with Gasteiger partial charge in [-0.3, -0.25) is 5.43 Å². The van der Waals surface area contributed by atoms with Crippen LogP contribution in [0.1, 0.15) is 12.5 Å². The fourth-order valence-electron chi connectivity index (χ4n) is 2.94. The summed E-state index contributed by atoms with van der Waals surface area (Å²) in [6, 6.07) is 7.01. The van der Waals surface area contributed by atoms with Gasteiger partial charge in [0.05, 0.1) is 24.0 Å². The Morgan fingerprint density at radius 1 is 1.42 bits per heavy atom. The molecule has 2 bridgehead atoms. The first kappa shape index (κ1) is 17.5. The van der Waals surface area contributed by atoms with Crippen LogP contribution in [0.25, 0.3) is 5.69 Å². The lowest BCUT2D eigenvalue weighted by Gasteiger charge is -2.27. The third-order valence-electron chi connectivity index (χ3n) is 4.11. The molecule has 0 amide bonds. The van der Waals surface area contributed by atoms with E-state index in [0.29, 0.717) is 28.5 Å². The molecule has 0 radical (unpaired) electrons. The summed E-state index contributed by atoms with van der Waals surface area (Å²) in [5, 5.41) is 13.2. The smallest absolute Gasteiger partial charge is 0.221 e. The monoisotopic (exact) mass is 411 g/mol. The quantitative estimate of drug-likeness (QED) is 0.575. The van der Waals surface area contributed by atoms with Gasteiger partial charge in [-0.2, -0.15) is 9.78 Å². The van der Waals surface area contributed by atoms with Gasteiger partial charge >= 0.3 is 0 Å². The van der Waals surface area contributed by atoms with Crippen molar-refractivity contribution in [3.05, 3.63) is 34.1 Å². The normalized spacial score (nSPS) is 26.2. The molecular weight excluding hydrogens is 398 g/mol. The van der Waals surface area contributed by atoms with Crippen LogP contribution in [0.2, 0.25) is 5.02 Å². The van der Waals surface area contributed by atoms with E-state index in [2.05, 4.69) is 21.0 Å². The number of nitrogens with zero attached hydrogens (tertiary/aromatic N) is 5. The molecule has 3 heterocycles. The van der Waals surface area contributed by atoms with E-state index in [4.69, 9.17) is 51.2 Å². The number of thiocarbonyl (C=S) groups is 1. The van der Waals surface area contributed by atoms with Crippen molar-refractivity contribution >= 4 is 46.9 Å². The summed E-state index contributed by atoms with van der Waals surface area (Å²) in [6.45, 7) is 0.410. The number of nitrogens with one attached hydrogen (secondary N) is 1. The van der Waals surface area contributed by atoms with Crippen LogP contribution in [0.5, 0.6) is 0 Å². The van der Waals surface area contributed by atoms with Gasteiger partial charge in [0, 0.05) is 11.4 Å². The lowest BCUT2D eigenvalue weighted by atomic mass is 10.0. The van der Waals surface area contributed by atoms with Gasteiger partial charge < -0.3 is 15.2 Å². The molecule has 136 valence electrons. The van der Waals surface area contributed by atoms with Crippen LogP contribution in [0, 0.1) is 4.77 Å². The second-order valence-corrected chi connectivity index (χ2v) is 7.03. The molecule has 1 aromatic carbocycles. The minimum Gasteiger partial charge on any atom is -0.375 e. The molecule has 26 heavy (non-hydrogen) atoms. The molecule has 4 rings (SSSR count). The minimum absolute atomic E-state index is 0.0673. The van der Waals surface area contributed by atoms with E-state index >= 15 is 0 Å². The van der Waals surface area contributed by atoms with Gasteiger partial charge in [-0.25, -0.2) is 4.68 Å². The first-order valence-electron chi connectivity index (χ1n) is 7.72. The zero-order chi connectivity index (χ0) is 18.3. The summed E-state index contributed by atoms with van der Waals surface area (Å²) in [7, 11) is 0. The molecule has 2 aliphatic rings. The molecule has 2 fully saturated rings. The van der Waals surface area contributed by atoms with Gasteiger partial charge in [-0.1, -0.05) is 17.7 Å². The van der Waals surface area contributed by atoms with Crippen molar-refractivity contribution in [2.24, 2.45) is 10.8 Å². The van der Waals surface area contributed by atoms with Crippen LogP contribution in [0.3, 0.4) is 0 Å². The minimum atomic E-state index is -0.518. The summed E-state index contributed by atoms with van der Waals surface area (Å²) in [4.78, 5) is 0. The van der Waals surface area contributed by atoms with E-state index in [9.17, 15) is 0 Å². The van der Waals surface area contributed by atoms with Crippen LogP contribution < -0.4 is 11.2 Å². The molecule has 12 heteroatoms. The number of hydrogen-bond donors (Lipinski definition) is 2. The highest BCUT2D eigenvalue weighted by molar-refractivity contribution is 7.80. The standard InChI is InChI=1S/C14H14ClN7O2S2/c15-7-2-1-3-8(4-7)21-14(26)22(20-19-21)10-5-9(17-18-13(16)25)12-23-6-11(10)24-12/h1-4,10-12H,5-6H2,(H3,16,18,25)/t10-,11+,12+/m1/s1. The number of benzene rings is 1. The molecular formula is C14H14ClN7O2S2. The number of halogens is 1. The Balaban J connectivity index is 1.66. The maximum Gasteiger partial charge on any atom is 0.221 e. The number of rotatable bonds is 3. The summed E-state index contributed by atoms with van der Waals surface area (Å²) in [6.07, 6.45) is -0.191. The van der Waals surface area contributed by atoms with Gasteiger partial charge in [0.1, 0.15) is 6.10 Å². The molecule has 2 aliphatic heterocycles. The number of hydrogen-bond acceptors (Lipinski definition) is 7. The number of tetrazole rings is 1. The van der Waals surface area contributed by atoms with Crippen LogP contribution in [0.4, 0.5) is 0 Å². The molecule has 0 saturated carbocycles. The third-order valence-corrected chi connectivity index (χ3v) is 4.80. The summed E-state index contributed by atoms with van der Waals surface area (Å²) >= 11 is 16.4. The molecule has 0 spiro atoms. The van der Waals surface area contributed by atoms with E-state index in [-0.39, 0.29) is 17.3 Å². The molecule has 9 nitrogen and oxygen atoms in total. The molecule has 1 aromatic heterocycles. The highest BCUT2D eigenvalue weighted by atomic mass is 35.5. The molecule has 2 saturated heterocycles.